The second kappa shape index (κ2) is 7.51. The van der Waals surface area contributed by atoms with Crippen LogP contribution < -0.4 is 10.2 Å². The van der Waals surface area contributed by atoms with Crippen LogP contribution in [0.4, 0.5) is 5.82 Å². The van der Waals surface area contributed by atoms with Crippen molar-refractivity contribution in [3.63, 3.8) is 0 Å². The van der Waals surface area contributed by atoms with E-state index in [0.29, 0.717) is 5.02 Å². The van der Waals surface area contributed by atoms with Gasteiger partial charge in [-0.05, 0) is 42.0 Å². The lowest BCUT2D eigenvalue weighted by Gasteiger charge is -2.33. The molecule has 26 heavy (non-hydrogen) atoms. The van der Waals surface area contributed by atoms with Gasteiger partial charge in [0.15, 0.2) is 5.82 Å². The largest absolute Gasteiger partial charge is 0.353 e. The van der Waals surface area contributed by atoms with Gasteiger partial charge in [0, 0.05) is 30.2 Å². The summed E-state index contributed by atoms with van der Waals surface area (Å²) in [5, 5.41) is 13.3. The number of nitrogens with zero attached hydrogens (tertiary/aromatic N) is 2. The third-order valence-electron chi connectivity index (χ3n) is 4.55. The zero-order chi connectivity index (χ0) is 17.9. The van der Waals surface area contributed by atoms with E-state index in [1.807, 2.05) is 47.8 Å². The summed E-state index contributed by atoms with van der Waals surface area (Å²) in [4.78, 5) is 15.3. The van der Waals surface area contributed by atoms with E-state index < -0.39 is 0 Å². The first-order chi connectivity index (χ1) is 12.7. The normalized spacial score (nSPS) is 17.3. The zero-order valence-electron chi connectivity index (χ0n) is 14.1. The molecule has 1 atom stereocenters. The van der Waals surface area contributed by atoms with E-state index in [9.17, 15) is 4.79 Å². The van der Waals surface area contributed by atoms with Gasteiger partial charge in [0.1, 0.15) is 0 Å². The summed E-state index contributed by atoms with van der Waals surface area (Å²) in [6, 6.07) is 13.6. The average molecular weight is 387 g/mol. The topological polar surface area (TPSA) is 61.0 Å². The van der Waals surface area contributed by atoms with E-state index in [1.54, 1.807) is 0 Å². The van der Waals surface area contributed by atoms with Crippen molar-refractivity contribution in [2.75, 3.05) is 18.0 Å². The van der Waals surface area contributed by atoms with Crippen molar-refractivity contribution in [3.05, 3.63) is 57.7 Å². The Morgan fingerprint density at radius 2 is 2.15 bits per heavy atom. The van der Waals surface area contributed by atoms with Gasteiger partial charge in [-0.15, -0.1) is 11.3 Å². The third kappa shape index (κ3) is 3.76. The molecule has 0 radical (unpaired) electrons. The van der Waals surface area contributed by atoms with Crippen LogP contribution in [0, 0.1) is 0 Å². The van der Waals surface area contributed by atoms with E-state index in [0.717, 1.165) is 47.9 Å². The van der Waals surface area contributed by atoms with Gasteiger partial charge in [0.25, 0.3) is 5.91 Å². The Morgan fingerprint density at radius 1 is 1.31 bits per heavy atom. The van der Waals surface area contributed by atoms with E-state index in [4.69, 9.17) is 11.6 Å². The summed E-state index contributed by atoms with van der Waals surface area (Å²) < 4.78 is 0. The minimum atomic E-state index is 0.00994. The van der Waals surface area contributed by atoms with Crippen LogP contribution in [0.15, 0.2) is 47.8 Å². The summed E-state index contributed by atoms with van der Waals surface area (Å²) in [6.45, 7) is 1.71. The van der Waals surface area contributed by atoms with Crippen LogP contribution >= 0.6 is 22.9 Å². The second-order valence-corrected chi connectivity index (χ2v) is 7.77. The molecule has 1 aromatic carbocycles. The molecule has 3 aromatic rings. The monoisotopic (exact) mass is 386 g/mol. The van der Waals surface area contributed by atoms with Crippen molar-refractivity contribution >= 4 is 34.7 Å². The van der Waals surface area contributed by atoms with E-state index in [-0.39, 0.29) is 11.9 Å². The first kappa shape index (κ1) is 17.1. The maximum atomic E-state index is 12.3. The predicted molar refractivity (Wildman–Crippen MR) is 106 cm³/mol. The number of carbonyl (C=O) groups is 1. The fourth-order valence-electron chi connectivity index (χ4n) is 3.22. The molecule has 0 aliphatic carbocycles. The first-order valence-corrected chi connectivity index (χ1v) is 9.85. The molecule has 134 valence electrons. The maximum absolute atomic E-state index is 12.3. The minimum Gasteiger partial charge on any atom is -0.353 e. The number of halogens is 1. The van der Waals surface area contributed by atoms with Crippen LogP contribution in [0.25, 0.3) is 11.3 Å². The lowest BCUT2D eigenvalue weighted by molar-refractivity contribution is 0.0937. The van der Waals surface area contributed by atoms with Gasteiger partial charge in [0.05, 0.1) is 10.6 Å². The molecular formula is C19H19ClN4OS. The number of benzene rings is 1. The number of nitrogens with one attached hydrogen (secondary N) is 2. The first-order valence-electron chi connectivity index (χ1n) is 8.60. The Labute approximate surface area is 161 Å². The summed E-state index contributed by atoms with van der Waals surface area (Å²) in [6.07, 6.45) is 2.01. The van der Waals surface area contributed by atoms with Crippen molar-refractivity contribution in [3.8, 4) is 11.3 Å². The molecule has 1 aliphatic rings. The molecule has 1 saturated heterocycles. The lowest BCUT2D eigenvalue weighted by atomic mass is 10.1. The quantitative estimate of drug-likeness (QED) is 0.706. The fourth-order valence-corrected chi connectivity index (χ4v) is 3.97. The molecule has 7 heteroatoms. The van der Waals surface area contributed by atoms with Crippen molar-refractivity contribution in [1.29, 1.82) is 0 Å². The second-order valence-electron chi connectivity index (χ2n) is 6.38. The molecule has 3 heterocycles. The van der Waals surface area contributed by atoms with Gasteiger partial charge in [-0.2, -0.15) is 5.10 Å². The summed E-state index contributed by atoms with van der Waals surface area (Å²) >= 11 is 7.42. The Kier molecular flexibility index (Phi) is 4.95. The van der Waals surface area contributed by atoms with E-state index in [2.05, 4.69) is 20.4 Å². The number of amides is 1. The van der Waals surface area contributed by atoms with Crippen molar-refractivity contribution in [2.24, 2.45) is 0 Å². The number of aromatic amines is 1. The highest BCUT2D eigenvalue weighted by Gasteiger charge is 2.23. The molecule has 5 nitrogen and oxygen atoms in total. The predicted octanol–water partition coefficient (Wildman–Crippen LogP) is 4.19. The highest BCUT2D eigenvalue weighted by Crippen LogP contribution is 2.25. The van der Waals surface area contributed by atoms with Gasteiger partial charge in [-0.1, -0.05) is 29.8 Å². The SMILES string of the molecule is O=C(NC1CCCN(c2cc(-c3ccc(Cl)cc3)[nH]n2)C1)c1cccs1. The number of aromatic nitrogens is 2. The standard InChI is InChI=1S/C19H19ClN4OS/c20-14-7-5-13(6-8-14)16-11-18(23-22-16)24-9-1-3-15(12-24)21-19(25)17-4-2-10-26-17/h2,4-8,10-11,15H,1,3,9,12H2,(H,21,25)(H,22,23). The Bertz CT molecular complexity index is 875. The number of H-pyrrole nitrogens is 1. The number of rotatable bonds is 4. The van der Waals surface area contributed by atoms with Crippen LogP contribution in [-0.2, 0) is 0 Å². The summed E-state index contributed by atoms with van der Waals surface area (Å²) in [5.41, 5.74) is 2.01. The van der Waals surface area contributed by atoms with Gasteiger partial charge < -0.3 is 10.2 Å². The molecule has 0 bridgehead atoms. The maximum Gasteiger partial charge on any atom is 0.261 e. The number of hydrogen-bond acceptors (Lipinski definition) is 4. The van der Waals surface area contributed by atoms with E-state index >= 15 is 0 Å². The molecule has 1 amide bonds. The number of thiophene rings is 1. The molecule has 0 saturated carbocycles. The van der Waals surface area contributed by atoms with Crippen molar-refractivity contribution in [1.82, 2.24) is 15.5 Å². The molecule has 4 rings (SSSR count). The van der Waals surface area contributed by atoms with E-state index in [1.165, 1.54) is 11.3 Å². The highest BCUT2D eigenvalue weighted by atomic mass is 35.5. The summed E-state index contributed by atoms with van der Waals surface area (Å²) in [7, 11) is 0. The number of hydrogen-bond donors (Lipinski definition) is 2. The number of carbonyl (C=O) groups excluding carboxylic acids is 1. The van der Waals surface area contributed by atoms with Gasteiger partial charge >= 0.3 is 0 Å². The van der Waals surface area contributed by atoms with Gasteiger partial charge in [-0.25, -0.2) is 0 Å². The van der Waals surface area contributed by atoms with Crippen LogP contribution in [-0.4, -0.2) is 35.2 Å². The number of piperidine rings is 1. The smallest absolute Gasteiger partial charge is 0.261 e. The molecule has 2 N–H and O–H groups in total. The molecule has 0 spiro atoms. The lowest BCUT2D eigenvalue weighted by Crippen LogP contribution is -2.47. The molecular weight excluding hydrogens is 368 g/mol. The minimum absolute atomic E-state index is 0.00994. The Balaban J connectivity index is 1.43. The molecule has 2 aromatic heterocycles. The average Bonchev–Trinajstić information content (AvgIpc) is 3.35. The Hall–Kier alpha value is -2.31. The van der Waals surface area contributed by atoms with Crippen LogP contribution in [0.1, 0.15) is 22.5 Å². The van der Waals surface area contributed by atoms with Crippen LogP contribution in [0.3, 0.4) is 0 Å². The number of anilines is 1. The summed E-state index contributed by atoms with van der Waals surface area (Å²) in [5.74, 6) is 0.917. The third-order valence-corrected chi connectivity index (χ3v) is 5.67. The van der Waals surface area contributed by atoms with Crippen molar-refractivity contribution < 1.29 is 4.79 Å². The molecule has 1 unspecified atom stereocenters. The Morgan fingerprint density at radius 3 is 2.92 bits per heavy atom. The highest BCUT2D eigenvalue weighted by molar-refractivity contribution is 7.12. The zero-order valence-corrected chi connectivity index (χ0v) is 15.7. The molecule has 1 fully saturated rings. The molecule has 1 aliphatic heterocycles. The van der Waals surface area contributed by atoms with Crippen LogP contribution in [0.5, 0.6) is 0 Å². The van der Waals surface area contributed by atoms with Crippen LogP contribution in [0.2, 0.25) is 5.02 Å². The van der Waals surface area contributed by atoms with Gasteiger partial charge in [0.2, 0.25) is 0 Å². The van der Waals surface area contributed by atoms with Crippen molar-refractivity contribution in [2.45, 2.75) is 18.9 Å². The van der Waals surface area contributed by atoms with Gasteiger partial charge in [-0.3, -0.25) is 9.89 Å². The fraction of sp³-hybridized carbons (Fsp3) is 0.263.